The monoisotopic (exact) mass is 170 g/mol. The van der Waals surface area contributed by atoms with Gasteiger partial charge >= 0.3 is 0 Å². The molecule has 0 aliphatic carbocycles. The van der Waals surface area contributed by atoms with Crippen LogP contribution in [0.25, 0.3) is 0 Å². The first-order valence-electron chi connectivity index (χ1n) is 2.87. The first kappa shape index (κ1) is 7.91. The number of halogens is 2. The van der Waals surface area contributed by atoms with Gasteiger partial charge in [0.2, 0.25) is 0 Å². The van der Waals surface area contributed by atoms with E-state index in [2.05, 4.69) is 0 Å². The average Bonchev–Trinajstić information content (AvgIpc) is 1.73. The molecule has 1 saturated heterocycles. The van der Waals surface area contributed by atoms with Crippen LogP contribution < -0.4 is 0 Å². The first-order valence-corrected chi connectivity index (χ1v) is 4.69. The largest absolute Gasteiger partial charge is 0.243 e. The Labute approximate surface area is 58.1 Å². The van der Waals surface area contributed by atoms with E-state index in [4.69, 9.17) is 0 Å². The van der Waals surface area contributed by atoms with Gasteiger partial charge in [-0.15, -0.1) is 0 Å². The summed E-state index contributed by atoms with van der Waals surface area (Å²) < 4.78 is 46.3. The SMILES string of the molecule is CC1(F)CS(=O)(=O)CC1F. The lowest BCUT2D eigenvalue weighted by molar-refractivity contribution is 0.115. The highest BCUT2D eigenvalue weighted by atomic mass is 32.2. The molecule has 0 bridgehead atoms. The molecule has 2 unspecified atom stereocenters. The molecule has 1 aliphatic rings. The molecule has 0 amide bonds. The Morgan fingerprint density at radius 3 is 2.20 bits per heavy atom. The van der Waals surface area contributed by atoms with Crippen molar-refractivity contribution in [1.29, 1.82) is 0 Å². The van der Waals surface area contributed by atoms with Gasteiger partial charge in [-0.1, -0.05) is 0 Å². The normalized spacial score (nSPS) is 45.7. The van der Waals surface area contributed by atoms with Gasteiger partial charge in [0.05, 0.1) is 11.5 Å². The number of hydrogen-bond donors (Lipinski definition) is 0. The molecule has 1 heterocycles. The molecule has 0 saturated carbocycles. The third-order valence-corrected chi connectivity index (χ3v) is 3.36. The highest BCUT2D eigenvalue weighted by Gasteiger charge is 2.48. The lowest BCUT2D eigenvalue weighted by Gasteiger charge is -2.11. The topological polar surface area (TPSA) is 34.1 Å². The molecule has 0 aromatic heterocycles. The van der Waals surface area contributed by atoms with Gasteiger partial charge in [0.1, 0.15) is 6.17 Å². The van der Waals surface area contributed by atoms with Crippen LogP contribution in [0.15, 0.2) is 0 Å². The van der Waals surface area contributed by atoms with Crippen molar-refractivity contribution in [2.75, 3.05) is 11.5 Å². The molecule has 0 aromatic carbocycles. The van der Waals surface area contributed by atoms with Crippen LogP contribution in [0.5, 0.6) is 0 Å². The minimum absolute atomic E-state index is 0.667. The quantitative estimate of drug-likeness (QED) is 0.530. The molecule has 1 fully saturated rings. The third kappa shape index (κ3) is 1.28. The van der Waals surface area contributed by atoms with Gasteiger partial charge in [0.15, 0.2) is 15.5 Å². The number of sulfone groups is 1. The highest BCUT2D eigenvalue weighted by molar-refractivity contribution is 7.91. The maximum atomic E-state index is 12.7. The summed E-state index contributed by atoms with van der Waals surface area (Å²) in [5.41, 5.74) is -2.17. The summed E-state index contributed by atoms with van der Waals surface area (Å²) in [7, 11) is -3.45. The summed E-state index contributed by atoms with van der Waals surface area (Å²) in [4.78, 5) is 0. The summed E-state index contributed by atoms with van der Waals surface area (Å²) in [6.07, 6.45) is -1.85. The van der Waals surface area contributed by atoms with E-state index in [0.717, 1.165) is 6.92 Å². The second-order valence-electron chi connectivity index (χ2n) is 2.80. The van der Waals surface area contributed by atoms with Crippen molar-refractivity contribution in [3.8, 4) is 0 Å². The van der Waals surface area contributed by atoms with Crippen LogP contribution in [0, 0.1) is 0 Å². The van der Waals surface area contributed by atoms with Crippen LogP contribution in [0.4, 0.5) is 8.78 Å². The van der Waals surface area contributed by atoms with Crippen molar-refractivity contribution in [3.05, 3.63) is 0 Å². The van der Waals surface area contributed by atoms with Crippen LogP contribution in [0.1, 0.15) is 6.92 Å². The standard InChI is InChI=1S/C5H8F2O2S/c1-5(7)3-10(8,9)2-4(5)6/h4H,2-3H2,1H3. The van der Waals surface area contributed by atoms with Gasteiger partial charge in [0.25, 0.3) is 0 Å². The zero-order valence-electron chi connectivity index (χ0n) is 5.47. The van der Waals surface area contributed by atoms with E-state index in [0.29, 0.717) is 0 Å². The van der Waals surface area contributed by atoms with Crippen molar-refractivity contribution < 1.29 is 17.2 Å². The Balaban J connectivity index is 2.92. The molecule has 1 rings (SSSR count). The van der Waals surface area contributed by atoms with E-state index < -0.39 is 33.2 Å². The summed E-state index contributed by atoms with van der Waals surface area (Å²) in [6, 6.07) is 0. The van der Waals surface area contributed by atoms with Crippen molar-refractivity contribution in [3.63, 3.8) is 0 Å². The van der Waals surface area contributed by atoms with Crippen LogP contribution in [-0.2, 0) is 9.84 Å². The predicted molar refractivity (Wildman–Crippen MR) is 33.1 cm³/mol. The summed E-state index contributed by atoms with van der Waals surface area (Å²) >= 11 is 0. The Morgan fingerprint density at radius 2 is 2.10 bits per heavy atom. The summed E-state index contributed by atoms with van der Waals surface area (Å²) in [6.45, 7) is 0.974. The van der Waals surface area contributed by atoms with Crippen molar-refractivity contribution in [2.45, 2.75) is 18.8 Å². The second kappa shape index (κ2) is 1.90. The van der Waals surface area contributed by atoms with Gasteiger partial charge in [-0.25, -0.2) is 17.2 Å². The molecule has 60 valence electrons. The minimum Gasteiger partial charge on any atom is -0.243 e. The van der Waals surface area contributed by atoms with Gasteiger partial charge in [-0.3, -0.25) is 0 Å². The minimum atomic E-state index is -3.45. The van der Waals surface area contributed by atoms with Crippen LogP contribution >= 0.6 is 0 Å². The van der Waals surface area contributed by atoms with E-state index >= 15 is 0 Å². The lowest BCUT2D eigenvalue weighted by Crippen LogP contribution is -2.29. The molecule has 0 N–H and O–H groups in total. The van der Waals surface area contributed by atoms with Gasteiger partial charge in [0, 0.05) is 0 Å². The molecule has 0 aromatic rings. The van der Waals surface area contributed by atoms with Crippen LogP contribution in [0.3, 0.4) is 0 Å². The number of rotatable bonds is 0. The highest BCUT2D eigenvalue weighted by Crippen LogP contribution is 2.29. The van der Waals surface area contributed by atoms with Crippen LogP contribution in [-0.4, -0.2) is 31.8 Å². The smallest absolute Gasteiger partial charge is 0.156 e. The number of hydrogen-bond acceptors (Lipinski definition) is 2. The Morgan fingerprint density at radius 1 is 1.60 bits per heavy atom. The van der Waals surface area contributed by atoms with Crippen molar-refractivity contribution >= 4 is 9.84 Å². The molecule has 0 spiro atoms. The maximum absolute atomic E-state index is 12.7. The fourth-order valence-electron chi connectivity index (χ4n) is 0.976. The van der Waals surface area contributed by atoms with Crippen LogP contribution in [0.2, 0.25) is 0 Å². The predicted octanol–water partition coefficient (Wildman–Crippen LogP) is 0.481. The average molecular weight is 170 g/mol. The van der Waals surface area contributed by atoms with Gasteiger partial charge in [-0.05, 0) is 6.92 Å². The van der Waals surface area contributed by atoms with Crippen molar-refractivity contribution in [1.82, 2.24) is 0 Å². The molecule has 2 atom stereocenters. The van der Waals surface area contributed by atoms with E-state index in [1.165, 1.54) is 0 Å². The molecule has 1 aliphatic heterocycles. The Bertz CT molecular complexity index is 232. The lowest BCUT2D eigenvalue weighted by atomic mass is 10.1. The molecule has 0 radical (unpaired) electrons. The molecular formula is C5H8F2O2S. The zero-order valence-corrected chi connectivity index (χ0v) is 6.29. The fraction of sp³-hybridized carbons (Fsp3) is 1.00. The maximum Gasteiger partial charge on any atom is 0.156 e. The van der Waals surface area contributed by atoms with E-state index in [1.807, 2.05) is 0 Å². The molecule has 5 heteroatoms. The Kier molecular flexibility index (Phi) is 1.50. The molecule has 2 nitrogen and oxygen atoms in total. The number of alkyl halides is 2. The van der Waals surface area contributed by atoms with Gasteiger partial charge < -0.3 is 0 Å². The van der Waals surface area contributed by atoms with E-state index in [1.54, 1.807) is 0 Å². The zero-order chi connectivity index (χ0) is 7.99. The van der Waals surface area contributed by atoms with Gasteiger partial charge in [-0.2, -0.15) is 0 Å². The Hall–Kier alpha value is -0.190. The molecule has 10 heavy (non-hydrogen) atoms. The van der Waals surface area contributed by atoms with E-state index in [9.17, 15) is 17.2 Å². The van der Waals surface area contributed by atoms with E-state index in [-0.39, 0.29) is 0 Å². The first-order chi connectivity index (χ1) is 4.33. The summed E-state index contributed by atoms with van der Waals surface area (Å²) in [5.74, 6) is -1.35. The second-order valence-corrected chi connectivity index (χ2v) is 4.91. The third-order valence-electron chi connectivity index (χ3n) is 1.56. The van der Waals surface area contributed by atoms with Crippen molar-refractivity contribution in [2.24, 2.45) is 0 Å². The summed E-state index contributed by atoms with van der Waals surface area (Å²) in [5, 5.41) is 0. The molecular weight excluding hydrogens is 162 g/mol. The fourth-order valence-corrected chi connectivity index (χ4v) is 2.93.